The summed E-state index contributed by atoms with van der Waals surface area (Å²) in [6.07, 6.45) is 1.24. The van der Waals surface area contributed by atoms with Gasteiger partial charge in [0.15, 0.2) is 0 Å². The molecule has 1 aromatic heterocycles. The van der Waals surface area contributed by atoms with Gasteiger partial charge in [-0.15, -0.1) is 0 Å². The van der Waals surface area contributed by atoms with Crippen LogP contribution in [0.2, 0.25) is 0 Å². The van der Waals surface area contributed by atoms with Crippen molar-refractivity contribution in [3.8, 4) is 0 Å². The van der Waals surface area contributed by atoms with Crippen molar-refractivity contribution < 1.29 is 15.0 Å². The van der Waals surface area contributed by atoms with Crippen molar-refractivity contribution in [1.82, 2.24) is 4.98 Å². The van der Waals surface area contributed by atoms with Crippen LogP contribution in [0.1, 0.15) is 37.0 Å². The summed E-state index contributed by atoms with van der Waals surface area (Å²) >= 11 is 0. The van der Waals surface area contributed by atoms with E-state index >= 15 is 0 Å². The number of anilines is 1. The van der Waals surface area contributed by atoms with Crippen LogP contribution in [0, 0.1) is 0 Å². The van der Waals surface area contributed by atoms with Crippen molar-refractivity contribution in [2.45, 2.75) is 32.3 Å². The minimum absolute atomic E-state index is 0.208. The van der Waals surface area contributed by atoms with Gasteiger partial charge in [-0.3, -0.25) is 0 Å². The van der Waals surface area contributed by atoms with Crippen LogP contribution in [0.4, 0.5) is 5.82 Å². The topological polar surface area (TPSA) is 82.5 Å². The molecule has 0 saturated carbocycles. The molecule has 0 atom stereocenters. The van der Waals surface area contributed by atoms with Crippen LogP contribution in [0.3, 0.4) is 0 Å². The molecular weight excluding hydrogens is 268 g/mol. The number of hydrogen-bond donors (Lipinski definition) is 3. The molecule has 5 nitrogen and oxygen atoms in total. The normalized spacial score (nSPS) is 11.6. The van der Waals surface area contributed by atoms with E-state index in [4.69, 9.17) is 0 Å². The number of aromatic carboxylic acids is 1. The summed E-state index contributed by atoms with van der Waals surface area (Å²) < 4.78 is 0. The van der Waals surface area contributed by atoms with E-state index in [2.05, 4.69) is 10.3 Å². The SMILES string of the molecule is CCC(O)(CC)CNc1cc(C(=O)O)c2ccccc2n1. The maximum absolute atomic E-state index is 11.4. The number of pyridine rings is 1. The minimum Gasteiger partial charge on any atom is -0.478 e. The number of nitrogens with zero attached hydrogens (tertiary/aromatic N) is 1. The first kappa shape index (κ1) is 15.3. The number of rotatable bonds is 6. The average Bonchev–Trinajstić information content (AvgIpc) is 2.51. The Hall–Kier alpha value is -2.14. The Morgan fingerprint density at radius 3 is 2.57 bits per heavy atom. The lowest BCUT2D eigenvalue weighted by molar-refractivity contribution is 0.0456. The predicted octanol–water partition coefficient (Wildman–Crippen LogP) is 2.90. The van der Waals surface area contributed by atoms with Crippen LogP contribution in [0.5, 0.6) is 0 Å². The zero-order valence-electron chi connectivity index (χ0n) is 12.3. The molecule has 0 fully saturated rings. The predicted molar refractivity (Wildman–Crippen MR) is 82.7 cm³/mol. The summed E-state index contributed by atoms with van der Waals surface area (Å²) in [4.78, 5) is 15.8. The first-order valence-corrected chi connectivity index (χ1v) is 7.08. The van der Waals surface area contributed by atoms with Gasteiger partial charge in [-0.05, 0) is 25.0 Å². The van der Waals surface area contributed by atoms with Crippen molar-refractivity contribution in [2.75, 3.05) is 11.9 Å². The summed E-state index contributed by atoms with van der Waals surface area (Å²) in [5, 5.41) is 23.3. The van der Waals surface area contributed by atoms with Gasteiger partial charge >= 0.3 is 5.97 Å². The molecule has 0 aliphatic heterocycles. The van der Waals surface area contributed by atoms with Gasteiger partial charge in [0, 0.05) is 11.9 Å². The average molecular weight is 288 g/mol. The lowest BCUT2D eigenvalue weighted by Crippen LogP contribution is -2.35. The number of carboxylic acids is 1. The van der Waals surface area contributed by atoms with E-state index in [1.807, 2.05) is 19.9 Å². The van der Waals surface area contributed by atoms with Gasteiger partial charge in [-0.25, -0.2) is 9.78 Å². The van der Waals surface area contributed by atoms with E-state index in [9.17, 15) is 15.0 Å². The number of benzene rings is 1. The minimum atomic E-state index is -0.988. The van der Waals surface area contributed by atoms with Gasteiger partial charge in [0.05, 0.1) is 16.7 Å². The highest BCUT2D eigenvalue weighted by Crippen LogP contribution is 2.22. The molecule has 0 aliphatic carbocycles. The Kier molecular flexibility index (Phi) is 4.43. The monoisotopic (exact) mass is 288 g/mol. The fraction of sp³-hybridized carbons (Fsp3) is 0.375. The third kappa shape index (κ3) is 3.31. The van der Waals surface area contributed by atoms with E-state index in [1.165, 1.54) is 6.07 Å². The number of carbonyl (C=O) groups is 1. The van der Waals surface area contributed by atoms with Crippen LogP contribution in [0.15, 0.2) is 30.3 Å². The summed E-state index contributed by atoms with van der Waals surface area (Å²) in [5.74, 6) is -0.524. The lowest BCUT2D eigenvalue weighted by atomic mass is 9.97. The molecule has 0 saturated heterocycles. The highest BCUT2D eigenvalue weighted by molar-refractivity contribution is 6.03. The summed E-state index contributed by atoms with van der Waals surface area (Å²) in [5.41, 5.74) is 0.0209. The van der Waals surface area contributed by atoms with Gasteiger partial charge in [-0.2, -0.15) is 0 Å². The Bertz CT molecular complexity index is 651. The van der Waals surface area contributed by atoms with Gasteiger partial charge in [0.2, 0.25) is 0 Å². The molecule has 1 heterocycles. The fourth-order valence-corrected chi connectivity index (χ4v) is 2.20. The second-order valence-corrected chi connectivity index (χ2v) is 5.16. The fourth-order valence-electron chi connectivity index (χ4n) is 2.20. The molecular formula is C16H20N2O3. The molecule has 21 heavy (non-hydrogen) atoms. The molecule has 0 aliphatic rings. The van der Waals surface area contributed by atoms with Crippen LogP contribution in [0.25, 0.3) is 10.9 Å². The number of nitrogens with one attached hydrogen (secondary N) is 1. The lowest BCUT2D eigenvalue weighted by Gasteiger charge is -2.25. The summed E-state index contributed by atoms with van der Waals surface area (Å²) in [6, 6.07) is 8.63. The van der Waals surface area contributed by atoms with Crippen LogP contribution < -0.4 is 5.32 Å². The zero-order chi connectivity index (χ0) is 15.5. The molecule has 2 aromatic rings. The van der Waals surface area contributed by atoms with Gasteiger partial charge in [0.25, 0.3) is 0 Å². The number of fused-ring (bicyclic) bond motifs is 1. The van der Waals surface area contributed by atoms with E-state index < -0.39 is 11.6 Å². The first-order valence-electron chi connectivity index (χ1n) is 7.08. The molecule has 112 valence electrons. The molecule has 0 unspecified atom stereocenters. The van der Waals surface area contributed by atoms with Crippen molar-refractivity contribution >= 4 is 22.7 Å². The van der Waals surface area contributed by atoms with Crippen LogP contribution in [-0.2, 0) is 0 Å². The highest BCUT2D eigenvalue weighted by atomic mass is 16.4. The van der Waals surface area contributed by atoms with Crippen molar-refractivity contribution in [1.29, 1.82) is 0 Å². The second kappa shape index (κ2) is 6.10. The number of para-hydroxylation sites is 1. The molecule has 5 heteroatoms. The maximum atomic E-state index is 11.4. The molecule has 0 bridgehead atoms. The molecule has 3 N–H and O–H groups in total. The summed E-state index contributed by atoms with van der Waals surface area (Å²) in [6.45, 7) is 4.17. The Morgan fingerprint density at radius 1 is 1.29 bits per heavy atom. The Morgan fingerprint density at radius 2 is 1.95 bits per heavy atom. The van der Waals surface area contributed by atoms with Gasteiger partial charge < -0.3 is 15.5 Å². The highest BCUT2D eigenvalue weighted by Gasteiger charge is 2.22. The van der Waals surface area contributed by atoms with Gasteiger partial charge in [0.1, 0.15) is 5.82 Å². The molecule has 2 rings (SSSR count). The third-order valence-electron chi connectivity index (χ3n) is 3.86. The van der Waals surface area contributed by atoms with Crippen molar-refractivity contribution in [2.24, 2.45) is 0 Å². The molecule has 0 amide bonds. The van der Waals surface area contributed by atoms with Crippen molar-refractivity contribution in [3.05, 3.63) is 35.9 Å². The van der Waals surface area contributed by atoms with E-state index in [0.717, 1.165) is 0 Å². The van der Waals surface area contributed by atoms with E-state index in [-0.39, 0.29) is 5.56 Å². The zero-order valence-corrected chi connectivity index (χ0v) is 12.3. The second-order valence-electron chi connectivity index (χ2n) is 5.16. The maximum Gasteiger partial charge on any atom is 0.336 e. The first-order chi connectivity index (χ1) is 9.99. The van der Waals surface area contributed by atoms with Gasteiger partial charge in [-0.1, -0.05) is 32.0 Å². The summed E-state index contributed by atoms with van der Waals surface area (Å²) in [7, 11) is 0. The largest absolute Gasteiger partial charge is 0.478 e. The number of aliphatic hydroxyl groups is 1. The number of aromatic nitrogens is 1. The third-order valence-corrected chi connectivity index (χ3v) is 3.86. The van der Waals surface area contributed by atoms with E-state index in [1.54, 1.807) is 18.2 Å². The van der Waals surface area contributed by atoms with Crippen molar-refractivity contribution in [3.63, 3.8) is 0 Å². The standard InChI is InChI=1S/C16H20N2O3/c1-3-16(21,4-2)10-17-14-9-12(15(19)20)11-7-5-6-8-13(11)18-14/h5-9,21H,3-4,10H2,1-2H3,(H,17,18)(H,19,20). The molecule has 1 aromatic carbocycles. The Balaban J connectivity index is 2.35. The molecule has 0 radical (unpaired) electrons. The molecule has 0 spiro atoms. The smallest absolute Gasteiger partial charge is 0.336 e. The quantitative estimate of drug-likeness (QED) is 0.761. The number of carboxylic acid groups (broad SMARTS) is 1. The van der Waals surface area contributed by atoms with E-state index in [0.29, 0.717) is 36.1 Å². The Labute approximate surface area is 123 Å². The van der Waals surface area contributed by atoms with Crippen LogP contribution >= 0.6 is 0 Å². The number of hydrogen-bond acceptors (Lipinski definition) is 4. The van der Waals surface area contributed by atoms with Crippen LogP contribution in [-0.4, -0.2) is 33.3 Å².